The van der Waals surface area contributed by atoms with Crippen molar-refractivity contribution in [3.8, 4) is 0 Å². The Balaban J connectivity index is 1.44. The van der Waals surface area contributed by atoms with E-state index in [9.17, 15) is 4.39 Å². The van der Waals surface area contributed by atoms with Gasteiger partial charge in [0.05, 0.1) is 24.0 Å². The Labute approximate surface area is 172 Å². The molecule has 9 heteroatoms. The smallest absolute Gasteiger partial charge is 0.221 e. The minimum absolute atomic E-state index is 0.204. The van der Waals surface area contributed by atoms with Crippen molar-refractivity contribution in [1.82, 2.24) is 35.3 Å². The SMILES string of the molecule is CC(=NC[C@@H]1CCNC1)c1cnc2nnn(Cc3cc4cccnc4cc3F)c2n1. The Morgan fingerprint density at radius 1 is 1.33 bits per heavy atom. The van der Waals surface area contributed by atoms with Crippen molar-refractivity contribution in [2.45, 2.75) is 19.9 Å². The van der Waals surface area contributed by atoms with E-state index in [4.69, 9.17) is 0 Å². The molecule has 0 radical (unpaired) electrons. The topological polar surface area (TPSA) is 93.8 Å². The van der Waals surface area contributed by atoms with Crippen LogP contribution in [-0.2, 0) is 6.54 Å². The lowest BCUT2D eigenvalue weighted by Crippen LogP contribution is -2.12. The Morgan fingerprint density at radius 2 is 2.27 bits per heavy atom. The molecular formula is C21H21FN8. The maximum Gasteiger partial charge on any atom is 0.221 e. The van der Waals surface area contributed by atoms with Crippen LogP contribution in [0.3, 0.4) is 0 Å². The van der Waals surface area contributed by atoms with Crippen LogP contribution in [0.15, 0.2) is 41.7 Å². The second-order valence-electron chi connectivity index (χ2n) is 7.57. The summed E-state index contributed by atoms with van der Waals surface area (Å²) in [4.78, 5) is 17.9. The van der Waals surface area contributed by atoms with Crippen LogP contribution in [0.1, 0.15) is 24.6 Å². The lowest BCUT2D eigenvalue weighted by Gasteiger charge is -2.07. The zero-order valence-corrected chi connectivity index (χ0v) is 16.6. The van der Waals surface area contributed by atoms with Gasteiger partial charge in [-0.3, -0.25) is 9.98 Å². The first-order valence-corrected chi connectivity index (χ1v) is 9.99. The summed E-state index contributed by atoms with van der Waals surface area (Å²) in [6.07, 6.45) is 4.46. The fourth-order valence-electron chi connectivity index (χ4n) is 3.68. The zero-order valence-electron chi connectivity index (χ0n) is 16.6. The van der Waals surface area contributed by atoms with Crippen molar-refractivity contribution >= 4 is 27.9 Å². The van der Waals surface area contributed by atoms with E-state index >= 15 is 0 Å². The number of nitrogens with zero attached hydrogens (tertiary/aromatic N) is 7. The van der Waals surface area contributed by atoms with Crippen molar-refractivity contribution in [2.75, 3.05) is 19.6 Å². The molecule has 3 aromatic heterocycles. The fourth-order valence-corrected chi connectivity index (χ4v) is 3.68. The summed E-state index contributed by atoms with van der Waals surface area (Å²) in [6, 6.07) is 6.96. The highest BCUT2D eigenvalue weighted by molar-refractivity contribution is 5.97. The van der Waals surface area contributed by atoms with Gasteiger partial charge in [0.25, 0.3) is 0 Å². The van der Waals surface area contributed by atoms with Crippen molar-refractivity contribution in [2.24, 2.45) is 10.9 Å². The molecule has 0 aliphatic carbocycles. The van der Waals surface area contributed by atoms with E-state index in [-0.39, 0.29) is 12.4 Å². The van der Waals surface area contributed by atoms with E-state index in [0.29, 0.717) is 34.0 Å². The average Bonchev–Trinajstić information content (AvgIpc) is 3.42. The van der Waals surface area contributed by atoms with Gasteiger partial charge in [-0.25, -0.2) is 19.0 Å². The molecule has 0 spiro atoms. The summed E-state index contributed by atoms with van der Waals surface area (Å²) >= 11 is 0. The molecule has 0 amide bonds. The zero-order chi connectivity index (χ0) is 20.5. The molecule has 4 aromatic rings. The van der Waals surface area contributed by atoms with Gasteiger partial charge in [-0.1, -0.05) is 11.3 Å². The van der Waals surface area contributed by atoms with Crippen LogP contribution in [0.4, 0.5) is 4.39 Å². The number of nitrogens with one attached hydrogen (secondary N) is 1. The molecule has 30 heavy (non-hydrogen) atoms. The van der Waals surface area contributed by atoms with Crippen LogP contribution in [0.2, 0.25) is 0 Å². The highest BCUT2D eigenvalue weighted by atomic mass is 19.1. The van der Waals surface area contributed by atoms with E-state index in [0.717, 1.165) is 37.2 Å². The van der Waals surface area contributed by atoms with E-state index in [1.54, 1.807) is 23.1 Å². The summed E-state index contributed by atoms with van der Waals surface area (Å²) in [7, 11) is 0. The minimum Gasteiger partial charge on any atom is -0.316 e. The number of halogens is 1. The van der Waals surface area contributed by atoms with Crippen molar-refractivity contribution < 1.29 is 4.39 Å². The Morgan fingerprint density at radius 3 is 3.13 bits per heavy atom. The molecule has 1 fully saturated rings. The predicted octanol–water partition coefficient (Wildman–Crippen LogP) is 2.38. The molecule has 1 aliphatic heterocycles. The van der Waals surface area contributed by atoms with Gasteiger partial charge < -0.3 is 5.32 Å². The van der Waals surface area contributed by atoms with Gasteiger partial charge in [-0.15, -0.1) is 5.10 Å². The molecule has 152 valence electrons. The van der Waals surface area contributed by atoms with Crippen LogP contribution >= 0.6 is 0 Å². The van der Waals surface area contributed by atoms with E-state index in [1.807, 2.05) is 19.1 Å². The second-order valence-corrected chi connectivity index (χ2v) is 7.57. The average molecular weight is 404 g/mol. The van der Waals surface area contributed by atoms with Crippen LogP contribution in [0.5, 0.6) is 0 Å². The van der Waals surface area contributed by atoms with Crippen molar-refractivity contribution in [3.63, 3.8) is 0 Å². The minimum atomic E-state index is -0.336. The summed E-state index contributed by atoms with van der Waals surface area (Å²) in [5.41, 5.74) is 3.55. The molecule has 0 bridgehead atoms. The number of aliphatic imine (C=N–C) groups is 1. The first kappa shape index (κ1) is 18.7. The third-order valence-corrected chi connectivity index (χ3v) is 5.44. The van der Waals surface area contributed by atoms with Gasteiger partial charge in [-0.05, 0) is 44.5 Å². The number of aromatic nitrogens is 6. The Kier molecular flexibility index (Phi) is 4.88. The first-order valence-electron chi connectivity index (χ1n) is 9.99. The standard InChI is InChI=1S/C21H21FN8/c1-13(25-10-14-4-6-23-9-14)19-11-26-20-21(27-19)30(29-28-20)12-16-7-15-3-2-5-24-18(15)8-17(16)22/h2-3,5,7-8,11,14,23H,4,6,9-10,12H2,1H3/t14-/m1/s1. The fraction of sp³-hybridized carbons (Fsp3) is 0.333. The summed E-state index contributed by atoms with van der Waals surface area (Å²) in [5, 5.41) is 12.4. The Hall–Kier alpha value is -3.33. The van der Waals surface area contributed by atoms with Crippen LogP contribution in [-0.4, -0.2) is 55.3 Å². The Bertz CT molecular complexity index is 1240. The first-order chi connectivity index (χ1) is 14.7. The van der Waals surface area contributed by atoms with Crippen molar-refractivity contribution in [3.05, 3.63) is 53.7 Å². The molecule has 1 atom stereocenters. The van der Waals surface area contributed by atoms with Crippen molar-refractivity contribution in [1.29, 1.82) is 0 Å². The molecular weight excluding hydrogens is 383 g/mol. The van der Waals surface area contributed by atoms with E-state index < -0.39 is 0 Å². The number of hydrogen-bond acceptors (Lipinski definition) is 7. The van der Waals surface area contributed by atoms with E-state index in [2.05, 4.69) is 35.6 Å². The third kappa shape index (κ3) is 3.63. The van der Waals surface area contributed by atoms with E-state index in [1.165, 1.54) is 6.07 Å². The van der Waals surface area contributed by atoms with Gasteiger partial charge in [0.15, 0.2) is 5.65 Å². The lowest BCUT2D eigenvalue weighted by atomic mass is 10.1. The molecule has 1 N–H and O–H groups in total. The monoisotopic (exact) mass is 404 g/mol. The maximum absolute atomic E-state index is 14.6. The molecule has 4 heterocycles. The predicted molar refractivity (Wildman–Crippen MR) is 112 cm³/mol. The highest BCUT2D eigenvalue weighted by Gasteiger charge is 2.15. The normalized spacial score (nSPS) is 17.3. The largest absolute Gasteiger partial charge is 0.316 e. The molecule has 0 unspecified atom stereocenters. The molecule has 1 aliphatic rings. The lowest BCUT2D eigenvalue weighted by molar-refractivity contribution is 0.583. The quantitative estimate of drug-likeness (QED) is 0.513. The molecule has 1 aromatic carbocycles. The molecule has 8 nitrogen and oxygen atoms in total. The van der Waals surface area contributed by atoms with Gasteiger partial charge in [-0.2, -0.15) is 0 Å². The number of benzene rings is 1. The third-order valence-electron chi connectivity index (χ3n) is 5.44. The van der Waals surface area contributed by atoms with Crippen LogP contribution in [0.25, 0.3) is 22.2 Å². The maximum atomic E-state index is 14.6. The number of hydrogen-bond donors (Lipinski definition) is 1. The summed E-state index contributed by atoms with van der Waals surface area (Å²) in [5.74, 6) is 0.228. The highest BCUT2D eigenvalue weighted by Crippen LogP contribution is 2.19. The molecule has 1 saturated heterocycles. The number of pyridine rings is 1. The second kappa shape index (κ2) is 7.83. The molecule has 0 saturated carbocycles. The number of fused-ring (bicyclic) bond motifs is 2. The summed E-state index contributed by atoms with van der Waals surface area (Å²) in [6.45, 7) is 4.96. The molecule has 5 rings (SSSR count). The number of rotatable bonds is 5. The van der Waals surface area contributed by atoms with Gasteiger partial charge in [0, 0.05) is 29.8 Å². The van der Waals surface area contributed by atoms with Gasteiger partial charge >= 0.3 is 0 Å². The van der Waals surface area contributed by atoms with Gasteiger partial charge in [0.2, 0.25) is 5.65 Å². The van der Waals surface area contributed by atoms with Crippen LogP contribution < -0.4 is 5.32 Å². The summed E-state index contributed by atoms with van der Waals surface area (Å²) < 4.78 is 16.2. The van der Waals surface area contributed by atoms with Crippen LogP contribution in [0, 0.1) is 11.7 Å². The van der Waals surface area contributed by atoms with Gasteiger partial charge in [0.1, 0.15) is 11.5 Å².